The lowest BCUT2D eigenvalue weighted by Crippen LogP contribution is -2.37. The molecule has 5 heteroatoms. The van der Waals surface area contributed by atoms with Crippen molar-refractivity contribution in [3.8, 4) is 0 Å². The van der Waals surface area contributed by atoms with Gasteiger partial charge in [0.25, 0.3) is 0 Å². The normalized spacial score (nSPS) is 19.1. The molecule has 0 saturated heterocycles. The highest BCUT2D eigenvalue weighted by Crippen LogP contribution is 2.32. The van der Waals surface area contributed by atoms with Gasteiger partial charge in [-0.15, -0.1) is 0 Å². The number of benzene rings is 2. The van der Waals surface area contributed by atoms with Crippen LogP contribution in [0.2, 0.25) is 0 Å². The first-order valence-electron chi connectivity index (χ1n) is 9.87. The highest BCUT2D eigenvalue weighted by molar-refractivity contribution is 9.10. The number of amides is 1. The van der Waals surface area contributed by atoms with Crippen LogP contribution in [0.1, 0.15) is 43.7 Å². The van der Waals surface area contributed by atoms with Gasteiger partial charge in [-0.05, 0) is 54.7 Å². The van der Waals surface area contributed by atoms with Gasteiger partial charge in [-0.25, -0.2) is 0 Å². The summed E-state index contributed by atoms with van der Waals surface area (Å²) in [4.78, 5) is 25.5. The van der Waals surface area contributed by atoms with Gasteiger partial charge in [0.05, 0.1) is 11.8 Å². The summed E-state index contributed by atoms with van der Waals surface area (Å²) >= 11 is 3.39. The third-order valence-electron chi connectivity index (χ3n) is 5.33. The summed E-state index contributed by atoms with van der Waals surface area (Å²) in [7, 11) is 0. The van der Waals surface area contributed by atoms with Crippen LogP contribution in [-0.4, -0.2) is 11.9 Å². The van der Waals surface area contributed by atoms with Gasteiger partial charge in [0.2, 0.25) is 5.91 Å². The lowest BCUT2D eigenvalue weighted by atomic mass is 9.78. The molecule has 1 saturated carbocycles. The summed E-state index contributed by atoms with van der Waals surface area (Å²) in [6.07, 6.45) is 4.29. The number of carbonyl (C=O) groups is 2. The van der Waals surface area contributed by atoms with Gasteiger partial charge in [-0.1, -0.05) is 60.0 Å². The first-order valence-corrected chi connectivity index (χ1v) is 10.7. The van der Waals surface area contributed by atoms with Gasteiger partial charge in [-0.2, -0.15) is 0 Å². The van der Waals surface area contributed by atoms with Crippen LogP contribution < -0.4 is 5.32 Å². The highest BCUT2D eigenvalue weighted by Gasteiger charge is 2.36. The number of rotatable bonds is 6. The Balaban J connectivity index is 1.60. The smallest absolute Gasteiger partial charge is 0.310 e. The topological polar surface area (TPSA) is 55.4 Å². The standard InChI is InChI=1S/C23H26BrNO3/c1-2-16-9-13-19(14-10-16)25-22(26)20-5-3-4-6-21(20)23(27)28-15-17-7-11-18(24)12-8-17/h7-14,20-21H,2-6,15H2,1H3,(H,25,26)/t20-,21+/m1/s1. The number of anilines is 1. The minimum atomic E-state index is -0.376. The maximum Gasteiger partial charge on any atom is 0.310 e. The zero-order chi connectivity index (χ0) is 19.9. The lowest BCUT2D eigenvalue weighted by molar-refractivity contribution is -0.155. The average Bonchev–Trinajstić information content (AvgIpc) is 2.73. The van der Waals surface area contributed by atoms with E-state index in [0.29, 0.717) is 6.42 Å². The predicted molar refractivity (Wildman–Crippen MR) is 114 cm³/mol. The molecule has 3 rings (SSSR count). The number of ether oxygens (including phenoxy) is 1. The van der Waals surface area contributed by atoms with Crippen molar-refractivity contribution in [3.05, 3.63) is 64.1 Å². The van der Waals surface area contributed by atoms with Crippen molar-refractivity contribution in [1.29, 1.82) is 0 Å². The SMILES string of the molecule is CCc1ccc(NC(=O)[C@@H]2CCCC[C@@H]2C(=O)OCc2ccc(Br)cc2)cc1. The van der Waals surface area contributed by atoms with Gasteiger partial charge in [-0.3, -0.25) is 9.59 Å². The summed E-state index contributed by atoms with van der Waals surface area (Å²) in [5.41, 5.74) is 2.93. The minimum absolute atomic E-state index is 0.0884. The number of carbonyl (C=O) groups excluding carboxylic acids is 2. The summed E-state index contributed by atoms with van der Waals surface area (Å²) in [5.74, 6) is -1.07. The molecule has 0 spiro atoms. The van der Waals surface area contributed by atoms with Crippen LogP contribution in [0.4, 0.5) is 5.69 Å². The van der Waals surface area contributed by atoms with E-state index in [1.54, 1.807) is 0 Å². The number of hydrogen-bond acceptors (Lipinski definition) is 3. The largest absolute Gasteiger partial charge is 0.461 e. The van der Waals surface area contributed by atoms with E-state index >= 15 is 0 Å². The number of nitrogens with one attached hydrogen (secondary N) is 1. The third kappa shape index (κ3) is 5.44. The Morgan fingerprint density at radius 2 is 1.57 bits per heavy atom. The molecule has 0 aromatic heterocycles. The Hall–Kier alpha value is -2.14. The fourth-order valence-electron chi connectivity index (χ4n) is 3.63. The maximum absolute atomic E-state index is 12.8. The van der Waals surface area contributed by atoms with Gasteiger partial charge in [0.1, 0.15) is 6.61 Å². The summed E-state index contributed by atoms with van der Waals surface area (Å²) in [6.45, 7) is 2.33. The number of halogens is 1. The lowest BCUT2D eigenvalue weighted by Gasteiger charge is -2.29. The molecular weight excluding hydrogens is 418 g/mol. The van der Waals surface area contributed by atoms with Crippen LogP contribution >= 0.6 is 15.9 Å². The molecule has 1 fully saturated rings. The summed E-state index contributed by atoms with van der Waals surface area (Å²) in [6, 6.07) is 15.5. The van der Waals surface area contributed by atoms with Crippen molar-refractivity contribution in [3.63, 3.8) is 0 Å². The zero-order valence-electron chi connectivity index (χ0n) is 16.1. The summed E-state index contributed by atoms with van der Waals surface area (Å²) in [5, 5.41) is 2.98. The van der Waals surface area contributed by atoms with Crippen molar-refractivity contribution in [2.75, 3.05) is 5.32 Å². The molecule has 1 N–H and O–H groups in total. The van der Waals surface area contributed by atoms with E-state index in [1.807, 2.05) is 48.5 Å². The molecule has 28 heavy (non-hydrogen) atoms. The van der Waals surface area contributed by atoms with Crippen LogP contribution in [0.5, 0.6) is 0 Å². The molecule has 2 aromatic rings. The van der Waals surface area contributed by atoms with Crippen LogP contribution in [0.25, 0.3) is 0 Å². The predicted octanol–water partition coefficient (Wildman–Crippen LogP) is 5.50. The first kappa shape index (κ1) is 20.6. The molecule has 148 valence electrons. The Morgan fingerprint density at radius 1 is 0.964 bits per heavy atom. The zero-order valence-corrected chi connectivity index (χ0v) is 17.7. The van der Waals surface area contributed by atoms with E-state index in [2.05, 4.69) is 28.2 Å². The van der Waals surface area contributed by atoms with Crippen molar-refractivity contribution < 1.29 is 14.3 Å². The van der Waals surface area contributed by atoms with E-state index in [4.69, 9.17) is 4.74 Å². The number of aryl methyl sites for hydroxylation is 1. The molecule has 0 radical (unpaired) electrons. The molecule has 2 atom stereocenters. The first-order chi connectivity index (χ1) is 13.6. The second kappa shape index (κ2) is 9.87. The molecular formula is C23H26BrNO3. The Kier molecular flexibility index (Phi) is 7.26. The van der Waals surface area contributed by atoms with Gasteiger partial charge < -0.3 is 10.1 Å². The molecule has 0 unspecified atom stereocenters. The van der Waals surface area contributed by atoms with Gasteiger partial charge in [0, 0.05) is 10.2 Å². The second-order valence-electron chi connectivity index (χ2n) is 7.27. The maximum atomic E-state index is 12.8. The van der Waals surface area contributed by atoms with E-state index in [0.717, 1.165) is 41.4 Å². The van der Waals surface area contributed by atoms with Gasteiger partial charge >= 0.3 is 5.97 Å². The van der Waals surface area contributed by atoms with Crippen molar-refractivity contribution in [2.45, 2.75) is 45.6 Å². The molecule has 2 aromatic carbocycles. The third-order valence-corrected chi connectivity index (χ3v) is 5.86. The van der Waals surface area contributed by atoms with Crippen LogP contribution in [0, 0.1) is 11.8 Å². The van der Waals surface area contributed by atoms with Crippen LogP contribution in [0.15, 0.2) is 53.0 Å². The molecule has 0 aliphatic heterocycles. The van der Waals surface area contributed by atoms with E-state index in [9.17, 15) is 9.59 Å². The quantitative estimate of drug-likeness (QED) is 0.599. The van der Waals surface area contributed by atoms with Crippen LogP contribution in [-0.2, 0) is 27.4 Å². The molecule has 1 aliphatic carbocycles. The van der Waals surface area contributed by atoms with Crippen molar-refractivity contribution in [1.82, 2.24) is 0 Å². The van der Waals surface area contributed by atoms with Crippen molar-refractivity contribution in [2.24, 2.45) is 11.8 Å². The fourth-order valence-corrected chi connectivity index (χ4v) is 3.89. The number of esters is 1. The van der Waals surface area contributed by atoms with E-state index in [-0.39, 0.29) is 30.3 Å². The Bertz CT molecular complexity index is 802. The number of hydrogen-bond donors (Lipinski definition) is 1. The Labute approximate surface area is 174 Å². The molecule has 0 bridgehead atoms. The van der Waals surface area contributed by atoms with Crippen LogP contribution in [0.3, 0.4) is 0 Å². The molecule has 1 aliphatic rings. The summed E-state index contributed by atoms with van der Waals surface area (Å²) < 4.78 is 6.52. The fraction of sp³-hybridized carbons (Fsp3) is 0.391. The minimum Gasteiger partial charge on any atom is -0.461 e. The van der Waals surface area contributed by atoms with Crippen molar-refractivity contribution >= 4 is 33.5 Å². The molecule has 0 heterocycles. The average molecular weight is 444 g/mol. The van der Waals surface area contributed by atoms with Gasteiger partial charge in [0.15, 0.2) is 0 Å². The Morgan fingerprint density at radius 3 is 2.21 bits per heavy atom. The monoisotopic (exact) mass is 443 g/mol. The van der Waals surface area contributed by atoms with E-state index < -0.39 is 0 Å². The van der Waals surface area contributed by atoms with E-state index in [1.165, 1.54) is 5.56 Å². The molecule has 1 amide bonds. The molecule has 4 nitrogen and oxygen atoms in total. The second-order valence-corrected chi connectivity index (χ2v) is 8.19. The highest BCUT2D eigenvalue weighted by atomic mass is 79.9.